The molecule has 0 rings (SSSR count). The van der Waals surface area contributed by atoms with Crippen LogP contribution in [0.25, 0.3) is 0 Å². The Morgan fingerprint density at radius 1 is 0.255 bits per heavy atom. The summed E-state index contributed by atoms with van der Waals surface area (Å²) in [6.45, 7) is 6.91. The number of carbonyl (C=O) groups excluding carboxylic acids is 1. The van der Waals surface area contributed by atoms with Crippen molar-refractivity contribution in [2.45, 2.75) is 323 Å². The van der Waals surface area contributed by atoms with Crippen molar-refractivity contribution in [1.29, 1.82) is 0 Å². The number of unbranched alkanes of at least 4 members (excludes halogenated alkanes) is 40. The molecule has 0 N–H and O–H groups in total. The fraction of sp³-hybridized carbons (Fsp3) is 0.926. The lowest BCUT2D eigenvalue weighted by Crippen LogP contribution is -2.12. The van der Waals surface area contributed by atoms with Gasteiger partial charge in [0.1, 0.15) is 5.78 Å². The van der Waals surface area contributed by atoms with E-state index in [1.54, 1.807) is 0 Å². The van der Waals surface area contributed by atoms with Crippen LogP contribution >= 0.6 is 0 Å². The number of rotatable bonds is 49. The largest absolute Gasteiger partial charge is 0.299 e. The zero-order chi connectivity index (χ0) is 39.8. The fourth-order valence-corrected chi connectivity index (χ4v) is 8.53. The van der Waals surface area contributed by atoms with Gasteiger partial charge in [0.05, 0.1) is 0 Å². The molecule has 0 amide bonds. The molecule has 0 aliphatic carbocycles. The van der Waals surface area contributed by atoms with Crippen molar-refractivity contribution in [2.24, 2.45) is 0 Å². The molecule has 1 nitrogen and oxygen atoms in total. The van der Waals surface area contributed by atoms with E-state index in [2.05, 4.69) is 32.9 Å². The van der Waals surface area contributed by atoms with Crippen molar-refractivity contribution in [3.8, 4) is 0 Å². The van der Waals surface area contributed by atoms with E-state index >= 15 is 0 Å². The van der Waals surface area contributed by atoms with Crippen molar-refractivity contribution in [1.82, 2.24) is 0 Å². The summed E-state index contributed by atoms with van der Waals surface area (Å²) < 4.78 is 0. The quantitative estimate of drug-likeness (QED) is 0.0445. The molecular formula is C54H105O. The maximum atomic E-state index is 13.4. The molecule has 0 aromatic rings. The van der Waals surface area contributed by atoms with Crippen molar-refractivity contribution < 1.29 is 4.79 Å². The van der Waals surface area contributed by atoms with Gasteiger partial charge in [-0.15, -0.1) is 0 Å². The Hall–Kier alpha value is -0.590. The summed E-state index contributed by atoms with van der Waals surface area (Å²) >= 11 is 0. The summed E-state index contributed by atoms with van der Waals surface area (Å²) in [5.41, 5.74) is 0. The first-order valence-electron chi connectivity index (χ1n) is 26.3. The third-order valence-electron chi connectivity index (χ3n) is 12.5. The van der Waals surface area contributed by atoms with Crippen molar-refractivity contribution in [3.05, 3.63) is 18.1 Å². The van der Waals surface area contributed by atoms with Crippen molar-refractivity contribution in [2.75, 3.05) is 0 Å². The van der Waals surface area contributed by atoms with Crippen LogP contribution in [0, 0.1) is 5.92 Å². The zero-order valence-electron chi connectivity index (χ0n) is 38.8. The smallest absolute Gasteiger partial charge is 0.140 e. The van der Waals surface area contributed by atoms with E-state index in [4.69, 9.17) is 0 Å². The number of Topliss-reactive ketones (excluding diaryl/α,β-unsaturated/α-hetero) is 1. The molecule has 0 atom stereocenters. The van der Waals surface area contributed by atoms with Gasteiger partial charge in [0.2, 0.25) is 0 Å². The molecule has 0 unspecified atom stereocenters. The van der Waals surface area contributed by atoms with Gasteiger partial charge in [-0.05, 0) is 44.9 Å². The van der Waals surface area contributed by atoms with E-state index in [-0.39, 0.29) is 0 Å². The number of carbonyl (C=O) groups is 1. The highest BCUT2D eigenvalue weighted by molar-refractivity contribution is 5.91. The zero-order valence-corrected chi connectivity index (χ0v) is 38.8. The predicted octanol–water partition coefficient (Wildman–Crippen LogP) is 20.1. The van der Waals surface area contributed by atoms with Crippen molar-refractivity contribution in [3.63, 3.8) is 0 Å². The SMILES string of the molecule is CCCCCCCC/C=C\CCCCCCCC(=O)[C](CCCCCCCCCCCCCCCCC)CCCCCCCCCCCCCCCCCC. The van der Waals surface area contributed by atoms with Gasteiger partial charge < -0.3 is 0 Å². The summed E-state index contributed by atoms with van der Waals surface area (Å²) in [5, 5.41) is 0. The second-order valence-electron chi connectivity index (χ2n) is 18.1. The predicted molar refractivity (Wildman–Crippen MR) is 251 cm³/mol. The molecule has 1 radical (unpaired) electrons. The fourth-order valence-electron chi connectivity index (χ4n) is 8.53. The van der Waals surface area contributed by atoms with E-state index < -0.39 is 0 Å². The molecule has 1 heteroatoms. The molecule has 0 bridgehead atoms. The Bertz CT molecular complexity index is 723. The van der Waals surface area contributed by atoms with Crippen LogP contribution < -0.4 is 0 Å². The molecule has 327 valence electrons. The minimum Gasteiger partial charge on any atom is -0.299 e. The van der Waals surface area contributed by atoms with E-state index in [0.29, 0.717) is 5.78 Å². The first-order chi connectivity index (χ1) is 27.3. The number of allylic oxidation sites excluding steroid dienone is 2. The van der Waals surface area contributed by atoms with Crippen molar-refractivity contribution >= 4 is 5.78 Å². The molecule has 0 saturated heterocycles. The molecule has 0 aromatic heterocycles. The Morgan fingerprint density at radius 2 is 0.455 bits per heavy atom. The van der Waals surface area contributed by atoms with Crippen LogP contribution in [0.15, 0.2) is 12.2 Å². The Morgan fingerprint density at radius 3 is 0.709 bits per heavy atom. The first-order valence-corrected chi connectivity index (χ1v) is 26.3. The average Bonchev–Trinajstić information content (AvgIpc) is 3.19. The van der Waals surface area contributed by atoms with Gasteiger partial charge >= 0.3 is 0 Å². The normalized spacial score (nSPS) is 11.9. The van der Waals surface area contributed by atoms with Crippen LogP contribution in [0.2, 0.25) is 0 Å². The maximum absolute atomic E-state index is 13.4. The van der Waals surface area contributed by atoms with Crippen LogP contribution in [-0.4, -0.2) is 5.78 Å². The minimum absolute atomic E-state index is 0.531. The molecule has 0 saturated carbocycles. The number of hydrogen-bond donors (Lipinski definition) is 0. The summed E-state index contributed by atoms with van der Waals surface area (Å²) in [6.07, 6.45) is 68.7. The van der Waals surface area contributed by atoms with E-state index in [9.17, 15) is 4.79 Å². The lowest BCUT2D eigenvalue weighted by Gasteiger charge is -2.15. The first kappa shape index (κ1) is 54.4. The third-order valence-corrected chi connectivity index (χ3v) is 12.5. The van der Waals surface area contributed by atoms with Gasteiger partial charge in [-0.1, -0.05) is 283 Å². The molecular weight excluding hydrogens is 665 g/mol. The average molecular weight is 770 g/mol. The molecule has 55 heavy (non-hydrogen) atoms. The monoisotopic (exact) mass is 770 g/mol. The van der Waals surface area contributed by atoms with Gasteiger partial charge in [-0.3, -0.25) is 4.79 Å². The topological polar surface area (TPSA) is 17.1 Å². The summed E-state index contributed by atoms with van der Waals surface area (Å²) in [4.78, 5) is 13.4. The second kappa shape index (κ2) is 49.6. The number of hydrogen-bond acceptors (Lipinski definition) is 1. The molecule has 0 aliphatic heterocycles. The van der Waals surface area contributed by atoms with Crippen LogP contribution in [-0.2, 0) is 4.79 Å². The highest BCUT2D eigenvalue weighted by Crippen LogP contribution is 2.25. The molecule has 0 fully saturated rings. The highest BCUT2D eigenvalue weighted by atomic mass is 16.1. The summed E-state index contributed by atoms with van der Waals surface area (Å²) in [5.74, 6) is 1.85. The van der Waals surface area contributed by atoms with Gasteiger partial charge in [0.15, 0.2) is 0 Å². The Labute approximate surface area is 350 Å². The van der Waals surface area contributed by atoms with E-state index in [1.807, 2.05) is 0 Å². The summed E-state index contributed by atoms with van der Waals surface area (Å²) in [6, 6.07) is 0. The number of ketones is 1. The molecule has 0 spiro atoms. The van der Waals surface area contributed by atoms with Crippen LogP contribution in [0.3, 0.4) is 0 Å². The lowest BCUT2D eigenvalue weighted by atomic mass is 9.88. The maximum Gasteiger partial charge on any atom is 0.140 e. The Kier molecular flexibility index (Phi) is 49.0. The standard InChI is InChI=1S/C54H105O/c1-4-7-10-13-16-19-22-25-28-31-33-36-39-42-45-48-51-53(50-47-44-41-38-35-32-29-26-23-20-17-14-11-8-5-2)54(55)52-49-46-43-40-37-34-30-27-24-21-18-15-12-9-6-3/h27,30H,4-26,28-29,31-52H2,1-3H3/b30-27-. The highest BCUT2D eigenvalue weighted by Gasteiger charge is 2.18. The van der Waals surface area contributed by atoms with Gasteiger partial charge in [0.25, 0.3) is 0 Å². The van der Waals surface area contributed by atoms with E-state index in [0.717, 1.165) is 25.7 Å². The summed E-state index contributed by atoms with van der Waals surface area (Å²) in [7, 11) is 0. The lowest BCUT2D eigenvalue weighted by molar-refractivity contribution is -0.117. The minimum atomic E-state index is 0.531. The van der Waals surface area contributed by atoms with Crippen LogP contribution in [0.4, 0.5) is 0 Å². The van der Waals surface area contributed by atoms with Gasteiger partial charge in [0, 0.05) is 12.3 Å². The molecule has 0 heterocycles. The van der Waals surface area contributed by atoms with Gasteiger partial charge in [-0.25, -0.2) is 0 Å². The Balaban J connectivity index is 4.11. The molecule has 0 aliphatic rings. The second-order valence-corrected chi connectivity index (χ2v) is 18.1. The third kappa shape index (κ3) is 46.0. The van der Waals surface area contributed by atoms with Gasteiger partial charge in [-0.2, -0.15) is 0 Å². The van der Waals surface area contributed by atoms with Crippen LogP contribution in [0.1, 0.15) is 323 Å². The molecule has 0 aromatic carbocycles. The van der Waals surface area contributed by atoms with E-state index in [1.165, 1.54) is 282 Å². The van der Waals surface area contributed by atoms with Crippen LogP contribution in [0.5, 0.6) is 0 Å².